The van der Waals surface area contributed by atoms with E-state index in [1.54, 1.807) is 0 Å². The van der Waals surface area contributed by atoms with Crippen LogP contribution in [0.3, 0.4) is 0 Å². The molecule has 2 fully saturated rings. The smallest absolute Gasteiger partial charge is 0.339 e. The molecule has 0 bridgehead atoms. The minimum absolute atomic E-state index is 0.233. The average Bonchev–Trinajstić information content (AvgIpc) is 3.13. The van der Waals surface area contributed by atoms with Gasteiger partial charge in [-0.15, -0.1) is 0 Å². The highest BCUT2D eigenvalue weighted by molar-refractivity contribution is 5.85. The molecule has 0 unspecified atom stereocenters. The van der Waals surface area contributed by atoms with E-state index in [2.05, 4.69) is 0 Å². The number of hydrogen-bond donors (Lipinski definition) is 0. The van der Waals surface area contributed by atoms with Crippen LogP contribution in [0.1, 0.15) is 11.1 Å². The highest BCUT2D eigenvalue weighted by atomic mass is 16.7. The SMILES string of the molecule is O=C1O[C@@H]2[C@@H](OC(=O)[C@@H]2OCc2ccccc2)[C@H]1OCc1ccccc1. The van der Waals surface area contributed by atoms with Crippen LogP contribution in [0.25, 0.3) is 0 Å². The lowest BCUT2D eigenvalue weighted by molar-refractivity contribution is -0.165. The molecule has 4 atom stereocenters. The normalized spacial score (nSPS) is 27.1. The summed E-state index contributed by atoms with van der Waals surface area (Å²) >= 11 is 0. The number of carbonyl (C=O) groups excluding carboxylic acids is 2. The third kappa shape index (κ3) is 3.34. The molecule has 2 aliphatic heterocycles. The summed E-state index contributed by atoms with van der Waals surface area (Å²) in [6.45, 7) is 0.466. The van der Waals surface area contributed by atoms with E-state index in [9.17, 15) is 9.59 Å². The molecule has 0 N–H and O–H groups in total. The first-order valence-electron chi connectivity index (χ1n) is 8.44. The number of carbonyl (C=O) groups is 2. The average molecular weight is 354 g/mol. The molecule has 2 saturated heterocycles. The molecular formula is C20H18O6. The molecule has 0 aromatic heterocycles. The molecule has 0 spiro atoms. The predicted molar refractivity (Wildman–Crippen MR) is 89.8 cm³/mol. The van der Waals surface area contributed by atoms with Crippen LogP contribution in [0, 0.1) is 0 Å². The molecule has 0 radical (unpaired) electrons. The van der Waals surface area contributed by atoms with E-state index >= 15 is 0 Å². The summed E-state index contributed by atoms with van der Waals surface area (Å²) in [6.07, 6.45) is -3.43. The van der Waals surface area contributed by atoms with Crippen LogP contribution in [0.5, 0.6) is 0 Å². The van der Waals surface area contributed by atoms with Crippen LogP contribution < -0.4 is 0 Å². The van der Waals surface area contributed by atoms with Gasteiger partial charge in [0.05, 0.1) is 13.2 Å². The van der Waals surface area contributed by atoms with Crippen LogP contribution in [0.2, 0.25) is 0 Å². The van der Waals surface area contributed by atoms with Gasteiger partial charge in [-0.3, -0.25) is 0 Å². The van der Waals surface area contributed by atoms with Gasteiger partial charge in [0.15, 0.2) is 24.4 Å². The van der Waals surface area contributed by atoms with Crippen molar-refractivity contribution in [3.63, 3.8) is 0 Å². The van der Waals surface area contributed by atoms with Crippen LogP contribution in [0.4, 0.5) is 0 Å². The van der Waals surface area contributed by atoms with Crippen LogP contribution in [-0.4, -0.2) is 36.4 Å². The summed E-state index contributed by atoms with van der Waals surface area (Å²) < 4.78 is 22.0. The number of benzene rings is 2. The minimum atomic E-state index is -0.936. The van der Waals surface area contributed by atoms with Crippen molar-refractivity contribution in [2.45, 2.75) is 37.6 Å². The number of hydrogen-bond acceptors (Lipinski definition) is 6. The number of fused-ring (bicyclic) bond motifs is 1. The van der Waals surface area contributed by atoms with Crippen LogP contribution in [0.15, 0.2) is 60.7 Å². The van der Waals surface area contributed by atoms with Gasteiger partial charge >= 0.3 is 11.9 Å². The number of rotatable bonds is 6. The lowest BCUT2D eigenvalue weighted by Gasteiger charge is -2.14. The highest BCUT2D eigenvalue weighted by Gasteiger charge is 2.59. The van der Waals surface area contributed by atoms with E-state index in [0.29, 0.717) is 0 Å². The Labute approximate surface area is 150 Å². The quantitative estimate of drug-likeness (QED) is 0.739. The fraction of sp³-hybridized carbons (Fsp3) is 0.300. The van der Waals surface area contributed by atoms with E-state index in [4.69, 9.17) is 18.9 Å². The summed E-state index contributed by atoms with van der Waals surface area (Å²) in [7, 11) is 0. The maximum atomic E-state index is 12.1. The first-order valence-corrected chi connectivity index (χ1v) is 8.44. The second kappa shape index (κ2) is 7.27. The Morgan fingerprint density at radius 3 is 1.42 bits per heavy atom. The Kier molecular flexibility index (Phi) is 4.69. The number of esters is 2. The summed E-state index contributed by atoms with van der Waals surface area (Å²) in [5, 5.41) is 0. The number of ether oxygens (including phenoxy) is 4. The molecule has 2 aromatic carbocycles. The summed E-state index contributed by atoms with van der Waals surface area (Å²) in [4.78, 5) is 24.3. The van der Waals surface area contributed by atoms with Gasteiger partial charge in [-0.05, 0) is 11.1 Å². The van der Waals surface area contributed by atoms with Gasteiger partial charge in [-0.2, -0.15) is 0 Å². The first kappa shape index (κ1) is 16.8. The van der Waals surface area contributed by atoms with Gasteiger partial charge in [0.1, 0.15) is 0 Å². The summed E-state index contributed by atoms with van der Waals surface area (Å²) in [5.41, 5.74) is 1.84. The van der Waals surface area contributed by atoms with E-state index in [-0.39, 0.29) is 13.2 Å². The Balaban J connectivity index is 1.39. The van der Waals surface area contributed by atoms with E-state index in [1.165, 1.54) is 0 Å². The van der Waals surface area contributed by atoms with Crippen molar-refractivity contribution in [1.29, 1.82) is 0 Å². The fourth-order valence-corrected chi connectivity index (χ4v) is 3.12. The van der Waals surface area contributed by atoms with Crippen molar-refractivity contribution >= 4 is 11.9 Å². The van der Waals surface area contributed by atoms with Gasteiger partial charge in [-0.25, -0.2) is 9.59 Å². The minimum Gasteiger partial charge on any atom is -0.453 e. The molecule has 6 heteroatoms. The summed E-state index contributed by atoms with van der Waals surface area (Å²) in [5.74, 6) is -1.06. The highest BCUT2D eigenvalue weighted by Crippen LogP contribution is 2.33. The lowest BCUT2D eigenvalue weighted by Crippen LogP contribution is -2.34. The maximum Gasteiger partial charge on any atom is 0.339 e. The van der Waals surface area contributed by atoms with Gasteiger partial charge in [0.25, 0.3) is 0 Å². The van der Waals surface area contributed by atoms with Crippen molar-refractivity contribution in [3.05, 3.63) is 71.8 Å². The molecule has 26 heavy (non-hydrogen) atoms. The topological polar surface area (TPSA) is 71.1 Å². The molecule has 0 aliphatic carbocycles. The lowest BCUT2D eigenvalue weighted by atomic mass is 10.1. The van der Waals surface area contributed by atoms with Gasteiger partial charge in [-0.1, -0.05) is 60.7 Å². The van der Waals surface area contributed by atoms with Gasteiger partial charge in [0, 0.05) is 0 Å². The van der Waals surface area contributed by atoms with Crippen molar-refractivity contribution in [3.8, 4) is 0 Å². The first-order chi connectivity index (χ1) is 12.7. The molecule has 134 valence electrons. The van der Waals surface area contributed by atoms with Crippen molar-refractivity contribution in [2.24, 2.45) is 0 Å². The zero-order valence-electron chi connectivity index (χ0n) is 13.9. The third-order valence-corrected chi connectivity index (χ3v) is 4.43. The van der Waals surface area contributed by atoms with Crippen molar-refractivity contribution in [2.75, 3.05) is 0 Å². The van der Waals surface area contributed by atoms with Crippen molar-refractivity contribution < 1.29 is 28.5 Å². The second-order valence-corrected chi connectivity index (χ2v) is 6.24. The Morgan fingerprint density at radius 1 is 0.654 bits per heavy atom. The zero-order valence-corrected chi connectivity index (χ0v) is 13.9. The second-order valence-electron chi connectivity index (χ2n) is 6.24. The predicted octanol–water partition coefficient (Wildman–Crippen LogP) is 2.01. The maximum absolute atomic E-state index is 12.1. The molecule has 6 nitrogen and oxygen atoms in total. The van der Waals surface area contributed by atoms with Crippen molar-refractivity contribution in [1.82, 2.24) is 0 Å². The molecule has 0 amide bonds. The monoisotopic (exact) mass is 354 g/mol. The van der Waals surface area contributed by atoms with Crippen LogP contribution >= 0.6 is 0 Å². The zero-order chi connectivity index (χ0) is 17.9. The van der Waals surface area contributed by atoms with E-state index in [1.807, 2.05) is 60.7 Å². The van der Waals surface area contributed by atoms with Gasteiger partial charge < -0.3 is 18.9 Å². The van der Waals surface area contributed by atoms with E-state index in [0.717, 1.165) is 11.1 Å². The molecule has 2 aromatic rings. The molecule has 2 heterocycles. The fourth-order valence-electron chi connectivity index (χ4n) is 3.12. The third-order valence-electron chi connectivity index (χ3n) is 4.43. The molecular weight excluding hydrogens is 336 g/mol. The van der Waals surface area contributed by atoms with Gasteiger partial charge in [0.2, 0.25) is 0 Å². The molecule has 4 rings (SSSR count). The van der Waals surface area contributed by atoms with Crippen LogP contribution in [-0.2, 0) is 41.8 Å². The Hall–Kier alpha value is -2.70. The largest absolute Gasteiger partial charge is 0.453 e. The molecule has 2 aliphatic rings. The summed E-state index contributed by atoms with van der Waals surface area (Å²) in [6, 6.07) is 18.9. The Bertz CT molecular complexity index is 708. The van der Waals surface area contributed by atoms with E-state index < -0.39 is 36.4 Å². The molecule has 0 saturated carbocycles. The standard InChI is InChI=1S/C20H18O6/c21-19-17(23-11-13-7-3-1-4-8-13)15-16(26-19)18(20(22)25-15)24-12-14-9-5-2-6-10-14/h1-10,15-18H,11-12H2/t15-,16-,17-,18-/m1/s1. The Morgan fingerprint density at radius 2 is 1.04 bits per heavy atom.